The number of hydrogen-bond acceptors (Lipinski definition) is 4. The molecule has 138 valence electrons. The van der Waals surface area contributed by atoms with Gasteiger partial charge in [-0.2, -0.15) is 0 Å². The summed E-state index contributed by atoms with van der Waals surface area (Å²) in [6.07, 6.45) is 0. The van der Waals surface area contributed by atoms with Crippen LogP contribution in [-0.4, -0.2) is 43.0 Å². The molecule has 2 aromatic rings. The van der Waals surface area contributed by atoms with Gasteiger partial charge in [0.15, 0.2) is 11.6 Å². The lowest BCUT2D eigenvalue weighted by Gasteiger charge is -2.29. The highest BCUT2D eigenvalue weighted by Crippen LogP contribution is 2.35. The molecule has 2 amide bonds. The molecule has 4 rings (SSSR count). The van der Waals surface area contributed by atoms with Gasteiger partial charge in [-0.15, -0.1) is 0 Å². The zero-order chi connectivity index (χ0) is 19.0. The maximum absolute atomic E-state index is 13.7. The van der Waals surface area contributed by atoms with Crippen LogP contribution < -0.4 is 4.90 Å². The lowest BCUT2D eigenvalue weighted by Crippen LogP contribution is -2.40. The highest BCUT2D eigenvalue weighted by molar-refractivity contribution is 6.45. The molecule has 0 spiro atoms. The number of morpholine rings is 1. The Morgan fingerprint density at radius 3 is 2.22 bits per heavy atom. The average molecular weight is 370 g/mol. The van der Waals surface area contributed by atoms with E-state index in [1.54, 1.807) is 24.3 Å². The van der Waals surface area contributed by atoms with Crippen molar-refractivity contribution in [1.82, 2.24) is 4.90 Å². The summed E-state index contributed by atoms with van der Waals surface area (Å²) in [5.74, 6) is -3.26. The van der Waals surface area contributed by atoms with Crippen LogP contribution in [0.5, 0.6) is 0 Å². The van der Waals surface area contributed by atoms with E-state index < -0.39 is 23.4 Å². The molecule has 7 heteroatoms. The molecule has 0 atom stereocenters. The molecule has 2 heterocycles. The van der Waals surface area contributed by atoms with Crippen molar-refractivity contribution >= 4 is 23.1 Å². The van der Waals surface area contributed by atoms with Crippen LogP contribution in [0, 0.1) is 11.6 Å². The van der Waals surface area contributed by atoms with E-state index in [0.717, 1.165) is 17.0 Å². The van der Waals surface area contributed by atoms with Crippen molar-refractivity contribution < 1.29 is 23.1 Å². The van der Waals surface area contributed by atoms with Crippen LogP contribution in [0.4, 0.5) is 14.5 Å². The maximum atomic E-state index is 13.7. The fourth-order valence-corrected chi connectivity index (χ4v) is 3.32. The van der Waals surface area contributed by atoms with E-state index in [1.807, 2.05) is 11.0 Å². The normalized spacial score (nSPS) is 17.9. The molecule has 1 fully saturated rings. The molecule has 0 aliphatic carbocycles. The number of halogens is 2. The quantitative estimate of drug-likeness (QED) is 0.780. The van der Waals surface area contributed by atoms with Gasteiger partial charge in [0, 0.05) is 19.2 Å². The van der Waals surface area contributed by atoms with Crippen molar-refractivity contribution in [3.63, 3.8) is 0 Å². The summed E-state index contributed by atoms with van der Waals surface area (Å²) in [4.78, 5) is 29.0. The summed E-state index contributed by atoms with van der Waals surface area (Å²) < 4.78 is 32.3. The summed E-state index contributed by atoms with van der Waals surface area (Å²) in [5, 5.41) is 0. The Morgan fingerprint density at radius 2 is 1.56 bits per heavy atom. The van der Waals surface area contributed by atoms with Crippen molar-refractivity contribution in [2.45, 2.75) is 0 Å². The first-order valence-electron chi connectivity index (χ1n) is 8.54. The van der Waals surface area contributed by atoms with Crippen LogP contribution in [0.2, 0.25) is 0 Å². The van der Waals surface area contributed by atoms with E-state index in [2.05, 4.69) is 0 Å². The van der Waals surface area contributed by atoms with Gasteiger partial charge >= 0.3 is 0 Å². The van der Waals surface area contributed by atoms with Crippen molar-refractivity contribution in [2.75, 3.05) is 31.2 Å². The highest BCUT2D eigenvalue weighted by Gasteiger charge is 2.42. The number of carbonyl (C=O) groups excluding carboxylic acids is 2. The Hall–Kier alpha value is -3.06. The number of nitrogens with zero attached hydrogens (tertiary/aromatic N) is 2. The summed E-state index contributed by atoms with van der Waals surface area (Å²) in [7, 11) is 0. The van der Waals surface area contributed by atoms with E-state index in [9.17, 15) is 18.4 Å². The molecule has 5 nitrogen and oxygen atoms in total. The van der Waals surface area contributed by atoms with Crippen LogP contribution in [0.25, 0.3) is 5.57 Å². The third-order valence-corrected chi connectivity index (χ3v) is 4.61. The molecule has 2 aromatic carbocycles. The third kappa shape index (κ3) is 3.00. The first kappa shape index (κ1) is 17.4. The highest BCUT2D eigenvalue weighted by atomic mass is 19.2. The minimum absolute atomic E-state index is 0.000547. The van der Waals surface area contributed by atoms with Gasteiger partial charge in [-0.1, -0.05) is 30.3 Å². The first-order valence-corrected chi connectivity index (χ1v) is 8.54. The van der Waals surface area contributed by atoms with Gasteiger partial charge in [0.05, 0.1) is 24.5 Å². The van der Waals surface area contributed by atoms with Gasteiger partial charge in [0.1, 0.15) is 5.70 Å². The molecule has 0 bridgehead atoms. The molecule has 27 heavy (non-hydrogen) atoms. The SMILES string of the molecule is O=C1C(c2ccccc2)=C(N2CCOCC2)C(=O)N1c1ccc(F)c(F)c1. The predicted molar refractivity (Wildman–Crippen MR) is 94.6 cm³/mol. The lowest BCUT2D eigenvalue weighted by molar-refractivity contribution is -0.121. The molecule has 0 unspecified atom stereocenters. The Kier molecular flexibility index (Phi) is 4.45. The van der Waals surface area contributed by atoms with E-state index in [0.29, 0.717) is 31.9 Å². The molecule has 0 saturated carbocycles. The van der Waals surface area contributed by atoms with Crippen LogP contribution >= 0.6 is 0 Å². The van der Waals surface area contributed by atoms with E-state index >= 15 is 0 Å². The van der Waals surface area contributed by atoms with Crippen LogP contribution in [0.15, 0.2) is 54.2 Å². The summed E-state index contributed by atoms with van der Waals surface area (Å²) >= 11 is 0. The zero-order valence-corrected chi connectivity index (χ0v) is 14.3. The Labute approximate surface area is 154 Å². The summed E-state index contributed by atoms with van der Waals surface area (Å²) in [6, 6.07) is 11.8. The molecule has 0 N–H and O–H groups in total. The molecule has 1 saturated heterocycles. The van der Waals surface area contributed by atoms with E-state index in [1.165, 1.54) is 6.07 Å². The second-order valence-electron chi connectivity index (χ2n) is 6.23. The van der Waals surface area contributed by atoms with Gasteiger partial charge in [-0.25, -0.2) is 13.7 Å². The Bertz CT molecular complexity index is 937. The number of benzene rings is 2. The largest absolute Gasteiger partial charge is 0.378 e. The van der Waals surface area contributed by atoms with Gasteiger partial charge in [-0.05, 0) is 17.7 Å². The first-order chi connectivity index (χ1) is 13.1. The molecule has 0 aromatic heterocycles. The number of amides is 2. The molecule has 2 aliphatic rings. The van der Waals surface area contributed by atoms with Gasteiger partial charge in [0.25, 0.3) is 11.8 Å². The monoisotopic (exact) mass is 370 g/mol. The minimum Gasteiger partial charge on any atom is -0.378 e. The fraction of sp³-hybridized carbons (Fsp3) is 0.200. The number of carbonyl (C=O) groups is 2. The maximum Gasteiger partial charge on any atom is 0.282 e. The Morgan fingerprint density at radius 1 is 0.852 bits per heavy atom. The number of hydrogen-bond donors (Lipinski definition) is 0. The average Bonchev–Trinajstić information content (AvgIpc) is 2.96. The van der Waals surface area contributed by atoms with E-state index in [-0.39, 0.29) is 17.0 Å². The van der Waals surface area contributed by atoms with Gasteiger partial charge in [0.2, 0.25) is 0 Å². The number of imide groups is 1. The molecular weight excluding hydrogens is 354 g/mol. The molecular formula is C20H16F2N2O3. The van der Waals surface area contributed by atoms with Crippen LogP contribution in [0.1, 0.15) is 5.56 Å². The summed E-state index contributed by atoms with van der Waals surface area (Å²) in [5.41, 5.74) is 1.12. The second-order valence-corrected chi connectivity index (χ2v) is 6.23. The van der Waals surface area contributed by atoms with Gasteiger partial charge < -0.3 is 9.64 Å². The number of ether oxygens (including phenoxy) is 1. The smallest absolute Gasteiger partial charge is 0.282 e. The van der Waals surface area contributed by atoms with Crippen LogP contribution in [0.3, 0.4) is 0 Å². The molecule has 2 aliphatic heterocycles. The Balaban J connectivity index is 1.82. The minimum atomic E-state index is -1.12. The predicted octanol–water partition coefficient (Wildman–Crippen LogP) is 2.58. The van der Waals surface area contributed by atoms with Crippen molar-refractivity contribution in [2.24, 2.45) is 0 Å². The lowest BCUT2D eigenvalue weighted by atomic mass is 10.0. The van der Waals surface area contributed by atoms with Crippen LogP contribution in [-0.2, 0) is 14.3 Å². The van der Waals surface area contributed by atoms with Crippen molar-refractivity contribution in [3.05, 3.63) is 71.4 Å². The summed E-state index contributed by atoms with van der Waals surface area (Å²) in [6.45, 7) is 1.82. The fourth-order valence-electron chi connectivity index (χ4n) is 3.32. The van der Waals surface area contributed by atoms with Crippen molar-refractivity contribution in [1.29, 1.82) is 0 Å². The number of rotatable bonds is 3. The number of anilines is 1. The standard InChI is InChI=1S/C20H16F2N2O3/c21-15-7-6-14(12-16(15)22)24-19(25)17(13-4-2-1-3-5-13)18(20(24)26)23-8-10-27-11-9-23/h1-7,12H,8-11H2. The molecule has 0 radical (unpaired) electrons. The van der Waals surface area contributed by atoms with Crippen molar-refractivity contribution in [3.8, 4) is 0 Å². The third-order valence-electron chi connectivity index (χ3n) is 4.61. The zero-order valence-electron chi connectivity index (χ0n) is 14.3. The second kappa shape index (κ2) is 6.92. The topological polar surface area (TPSA) is 49.9 Å². The van der Waals surface area contributed by atoms with Gasteiger partial charge in [-0.3, -0.25) is 9.59 Å². The van der Waals surface area contributed by atoms with E-state index in [4.69, 9.17) is 4.74 Å².